The van der Waals surface area contributed by atoms with E-state index in [1.165, 1.54) is 25.1 Å². The maximum Gasteiger partial charge on any atom is 0.271 e. The first kappa shape index (κ1) is 18.8. The number of hydrogen-bond acceptors (Lipinski definition) is 6. The van der Waals surface area contributed by atoms with Crippen LogP contribution in [0.3, 0.4) is 0 Å². The SMILES string of the molecule is CC(=O)Nc1cccc(NC(=O)CN2C(=O)COc3ccc([N+](=O)[O-])cc32)c1. The standard InChI is InChI=1S/C18H16N4O6/c1-11(23)19-12-3-2-4-13(7-12)20-17(24)9-21-15-8-14(22(26)27)5-6-16(15)28-10-18(21)25/h2-8H,9-10H2,1H3,(H,19,23)(H,20,24). The molecule has 1 aliphatic rings. The van der Waals surface area contributed by atoms with Crippen LogP contribution in [0.4, 0.5) is 22.7 Å². The molecular weight excluding hydrogens is 368 g/mol. The molecule has 3 amide bonds. The number of ether oxygens (including phenoxy) is 1. The van der Waals surface area contributed by atoms with Crippen molar-refractivity contribution in [2.24, 2.45) is 0 Å². The van der Waals surface area contributed by atoms with Crippen LogP contribution in [0.2, 0.25) is 0 Å². The molecule has 0 radical (unpaired) electrons. The number of nitro groups is 1. The van der Waals surface area contributed by atoms with Gasteiger partial charge in [0.2, 0.25) is 11.8 Å². The Morgan fingerprint density at radius 2 is 1.89 bits per heavy atom. The summed E-state index contributed by atoms with van der Waals surface area (Å²) < 4.78 is 5.27. The van der Waals surface area contributed by atoms with Crippen molar-refractivity contribution in [3.63, 3.8) is 0 Å². The lowest BCUT2D eigenvalue weighted by Gasteiger charge is -2.28. The van der Waals surface area contributed by atoms with Gasteiger partial charge in [-0.05, 0) is 24.3 Å². The molecule has 28 heavy (non-hydrogen) atoms. The summed E-state index contributed by atoms with van der Waals surface area (Å²) in [6, 6.07) is 10.4. The number of benzene rings is 2. The number of nitrogens with one attached hydrogen (secondary N) is 2. The average Bonchev–Trinajstić information content (AvgIpc) is 2.63. The third-order valence-electron chi connectivity index (χ3n) is 3.86. The Hall–Kier alpha value is -3.95. The van der Waals surface area contributed by atoms with Gasteiger partial charge < -0.3 is 15.4 Å². The molecule has 0 fully saturated rings. The number of anilines is 3. The lowest BCUT2D eigenvalue weighted by atomic mass is 10.2. The number of rotatable bonds is 5. The van der Waals surface area contributed by atoms with Crippen LogP contribution < -0.4 is 20.3 Å². The Bertz CT molecular complexity index is 974. The molecule has 0 spiro atoms. The van der Waals surface area contributed by atoms with E-state index in [1.807, 2.05) is 0 Å². The van der Waals surface area contributed by atoms with Crippen molar-refractivity contribution in [3.8, 4) is 5.75 Å². The molecule has 0 saturated carbocycles. The first-order valence-corrected chi connectivity index (χ1v) is 8.22. The summed E-state index contributed by atoms with van der Waals surface area (Å²) >= 11 is 0. The van der Waals surface area contributed by atoms with Crippen molar-refractivity contribution in [1.82, 2.24) is 0 Å². The highest BCUT2D eigenvalue weighted by Crippen LogP contribution is 2.35. The van der Waals surface area contributed by atoms with E-state index in [1.54, 1.807) is 24.3 Å². The van der Waals surface area contributed by atoms with E-state index >= 15 is 0 Å². The molecule has 2 N–H and O–H groups in total. The molecule has 1 heterocycles. The van der Waals surface area contributed by atoms with Crippen molar-refractivity contribution in [2.75, 3.05) is 28.7 Å². The summed E-state index contributed by atoms with van der Waals surface area (Å²) in [5.74, 6) is -0.964. The molecule has 3 rings (SSSR count). The highest BCUT2D eigenvalue weighted by atomic mass is 16.6. The van der Waals surface area contributed by atoms with Crippen molar-refractivity contribution >= 4 is 40.5 Å². The van der Waals surface area contributed by atoms with E-state index in [0.29, 0.717) is 11.4 Å². The van der Waals surface area contributed by atoms with Crippen molar-refractivity contribution in [3.05, 3.63) is 52.6 Å². The second-order valence-corrected chi connectivity index (χ2v) is 5.99. The van der Waals surface area contributed by atoms with Crippen molar-refractivity contribution in [2.45, 2.75) is 6.92 Å². The summed E-state index contributed by atoms with van der Waals surface area (Å²) in [5, 5.41) is 16.2. The van der Waals surface area contributed by atoms with Crippen molar-refractivity contribution < 1.29 is 24.0 Å². The normalized spacial score (nSPS) is 12.6. The number of nitro benzene ring substituents is 1. The van der Waals surface area contributed by atoms with Crippen LogP contribution in [0.5, 0.6) is 5.75 Å². The minimum atomic E-state index is -0.592. The van der Waals surface area contributed by atoms with Gasteiger partial charge in [-0.1, -0.05) is 6.07 Å². The van der Waals surface area contributed by atoms with Crippen LogP contribution in [0.1, 0.15) is 6.92 Å². The van der Waals surface area contributed by atoms with Gasteiger partial charge in [0.25, 0.3) is 11.6 Å². The lowest BCUT2D eigenvalue weighted by molar-refractivity contribution is -0.384. The molecule has 0 atom stereocenters. The molecule has 10 nitrogen and oxygen atoms in total. The number of amides is 3. The summed E-state index contributed by atoms with van der Waals surface area (Å²) in [5.41, 5.74) is 0.878. The largest absolute Gasteiger partial charge is 0.482 e. The Morgan fingerprint density at radius 1 is 1.18 bits per heavy atom. The van der Waals surface area contributed by atoms with Gasteiger partial charge in [-0.25, -0.2) is 0 Å². The topological polar surface area (TPSA) is 131 Å². The first-order valence-electron chi connectivity index (χ1n) is 8.22. The minimum absolute atomic E-state index is 0.160. The van der Waals surface area contributed by atoms with E-state index in [0.717, 1.165) is 4.90 Å². The molecule has 0 saturated heterocycles. The van der Waals surface area contributed by atoms with E-state index < -0.39 is 16.7 Å². The van der Waals surface area contributed by atoms with Crippen molar-refractivity contribution in [1.29, 1.82) is 0 Å². The molecule has 2 aromatic rings. The van der Waals surface area contributed by atoms with Gasteiger partial charge in [0.1, 0.15) is 12.3 Å². The minimum Gasteiger partial charge on any atom is -0.482 e. The Balaban J connectivity index is 1.77. The van der Waals surface area contributed by atoms with E-state index in [9.17, 15) is 24.5 Å². The fourth-order valence-electron chi connectivity index (χ4n) is 2.70. The summed E-state index contributed by atoms with van der Waals surface area (Å²) in [6.45, 7) is 0.753. The highest BCUT2D eigenvalue weighted by molar-refractivity contribution is 6.05. The molecule has 2 aromatic carbocycles. The van der Waals surface area contributed by atoms with Gasteiger partial charge >= 0.3 is 0 Å². The van der Waals surface area contributed by atoms with E-state index in [2.05, 4.69) is 10.6 Å². The first-order chi connectivity index (χ1) is 13.3. The van der Waals surface area contributed by atoms with Gasteiger partial charge in [0.15, 0.2) is 6.61 Å². The maximum atomic E-state index is 12.4. The van der Waals surface area contributed by atoms with Gasteiger partial charge in [0, 0.05) is 30.4 Å². The third kappa shape index (κ3) is 4.23. The summed E-state index contributed by atoms with van der Waals surface area (Å²) in [7, 11) is 0. The molecule has 144 valence electrons. The fourth-order valence-corrected chi connectivity index (χ4v) is 2.70. The lowest BCUT2D eigenvalue weighted by Crippen LogP contribution is -2.43. The fraction of sp³-hybridized carbons (Fsp3) is 0.167. The Morgan fingerprint density at radius 3 is 2.57 bits per heavy atom. The smallest absolute Gasteiger partial charge is 0.271 e. The zero-order valence-electron chi connectivity index (χ0n) is 14.8. The second kappa shape index (κ2) is 7.74. The molecule has 10 heteroatoms. The summed E-state index contributed by atoms with van der Waals surface area (Å²) in [6.07, 6.45) is 0. The predicted octanol–water partition coefficient (Wildman–Crippen LogP) is 1.92. The zero-order chi connectivity index (χ0) is 20.3. The number of fused-ring (bicyclic) bond motifs is 1. The van der Waals surface area contributed by atoms with E-state index in [-0.39, 0.29) is 36.2 Å². The molecule has 0 aliphatic carbocycles. The summed E-state index contributed by atoms with van der Waals surface area (Å²) in [4.78, 5) is 47.3. The Labute approximate surface area is 159 Å². The molecular formula is C18H16N4O6. The number of non-ortho nitro benzene ring substituents is 1. The van der Waals surface area contributed by atoms with Crippen LogP contribution in [0, 0.1) is 10.1 Å². The van der Waals surface area contributed by atoms with Gasteiger partial charge in [0.05, 0.1) is 10.6 Å². The number of carbonyl (C=O) groups is 3. The van der Waals surface area contributed by atoms with Crippen LogP contribution in [0.15, 0.2) is 42.5 Å². The highest BCUT2D eigenvalue weighted by Gasteiger charge is 2.29. The molecule has 0 aromatic heterocycles. The van der Waals surface area contributed by atoms with Crippen LogP contribution >= 0.6 is 0 Å². The van der Waals surface area contributed by atoms with Crippen LogP contribution in [0.25, 0.3) is 0 Å². The van der Waals surface area contributed by atoms with Gasteiger partial charge in [-0.2, -0.15) is 0 Å². The van der Waals surface area contributed by atoms with Gasteiger partial charge in [-0.15, -0.1) is 0 Å². The molecule has 0 unspecified atom stereocenters. The Kier molecular flexibility index (Phi) is 5.21. The third-order valence-corrected chi connectivity index (χ3v) is 3.86. The number of carbonyl (C=O) groups excluding carboxylic acids is 3. The maximum absolute atomic E-state index is 12.4. The predicted molar refractivity (Wildman–Crippen MR) is 100 cm³/mol. The quantitative estimate of drug-likeness (QED) is 0.598. The average molecular weight is 384 g/mol. The zero-order valence-corrected chi connectivity index (χ0v) is 14.8. The van der Waals surface area contributed by atoms with Crippen LogP contribution in [-0.4, -0.2) is 35.8 Å². The molecule has 0 bridgehead atoms. The van der Waals surface area contributed by atoms with E-state index in [4.69, 9.17) is 4.74 Å². The van der Waals surface area contributed by atoms with Crippen LogP contribution in [-0.2, 0) is 14.4 Å². The monoisotopic (exact) mass is 384 g/mol. The second-order valence-electron chi connectivity index (χ2n) is 5.99. The molecule has 1 aliphatic heterocycles. The number of hydrogen-bond donors (Lipinski definition) is 2. The number of nitrogens with zero attached hydrogens (tertiary/aromatic N) is 2. The van der Waals surface area contributed by atoms with Gasteiger partial charge in [-0.3, -0.25) is 29.4 Å².